The van der Waals surface area contributed by atoms with E-state index in [1.165, 1.54) is 18.2 Å². The van der Waals surface area contributed by atoms with E-state index < -0.39 is 5.82 Å². The highest BCUT2D eigenvalue weighted by atomic mass is 35.5. The fraction of sp³-hybridized carbons (Fsp3) is 0.188. The van der Waals surface area contributed by atoms with Gasteiger partial charge < -0.3 is 5.32 Å². The predicted octanol–water partition coefficient (Wildman–Crippen LogP) is 4.07. The standard InChI is InChI=1S/C16H13ClFNO/c17-14-7-6-10(18)9-13(14)16(20)12-3-1-5-15-11(12)4-2-8-19-15/h1,3,5-7,9,19H,2,4,8H2. The van der Waals surface area contributed by atoms with Crippen molar-refractivity contribution >= 4 is 23.1 Å². The minimum atomic E-state index is -0.458. The van der Waals surface area contributed by atoms with Gasteiger partial charge in [-0.15, -0.1) is 0 Å². The Kier molecular flexibility index (Phi) is 3.45. The Labute approximate surface area is 121 Å². The molecule has 0 unspecified atom stereocenters. The van der Waals surface area contributed by atoms with Crippen molar-refractivity contribution in [1.82, 2.24) is 0 Å². The number of carbonyl (C=O) groups is 1. The van der Waals surface area contributed by atoms with Crippen molar-refractivity contribution in [1.29, 1.82) is 0 Å². The molecule has 1 heterocycles. The Morgan fingerprint density at radius 3 is 2.90 bits per heavy atom. The van der Waals surface area contributed by atoms with Crippen LogP contribution in [0.25, 0.3) is 0 Å². The summed E-state index contributed by atoms with van der Waals surface area (Å²) in [5, 5.41) is 3.55. The van der Waals surface area contributed by atoms with E-state index in [1.807, 2.05) is 12.1 Å². The number of anilines is 1. The molecule has 1 aliphatic heterocycles. The summed E-state index contributed by atoms with van der Waals surface area (Å²) < 4.78 is 13.3. The number of hydrogen-bond donors (Lipinski definition) is 1. The molecule has 102 valence electrons. The molecule has 0 saturated heterocycles. The lowest BCUT2D eigenvalue weighted by atomic mass is 9.92. The molecule has 0 fully saturated rings. The van der Waals surface area contributed by atoms with Crippen molar-refractivity contribution in [3.8, 4) is 0 Å². The van der Waals surface area contributed by atoms with Crippen LogP contribution in [0.15, 0.2) is 36.4 Å². The van der Waals surface area contributed by atoms with Gasteiger partial charge in [-0.25, -0.2) is 4.39 Å². The SMILES string of the molecule is O=C(c1cc(F)ccc1Cl)c1cccc2c1CCCN2. The maximum absolute atomic E-state index is 13.3. The molecular weight excluding hydrogens is 277 g/mol. The molecule has 2 aromatic carbocycles. The first kappa shape index (κ1) is 13.1. The van der Waals surface area contributed by atoms with Crippen LogP contribution in [-0.4, -0.2) is 12.3 Å². The fourth-order valence-corrected chi connectivity index (χ4v) is 2.74. The lowest BCUT2D eigenvalue weighted by molar-refractivity contribution is 0.103. The van der Waals surface area contributed by atoms with E-state index in [1.54, 1.807) is 6.07 Å². The zero-order valence-electron chi connectivity index (χ0n) is 10.7. The third-order valence-electron chi connectivity index (χ3n) is 3.51. The van der Waals surface area contributed by atoms with Gasteiger partial charge in [-0.05, 0) is 42.7 Å². The normalized spacial score (nSPS) is 13.5. The Bertz CT molecular complexity index is 684. The van der Waals surface area contributed by atoms with E-state index in [2.05, 4.69) is 5.32 Å². The van der Waals surface area contributed by atoms with Crippen LogP contribution in [0.3, 0.4) is 0 Å². The Morgan fingerprint density at radius 1 is 1.20 bits per heavy atom. The monoisotopic (exact) mass is 289 g/mol. The van der Waals surface area contributed by atoms with Crippen LogP contribution in [-0.2, 0) is 6.42 Å². The number of hydrogen-bond acceptors (Lipinski definition) is 2. The second-order valence-electron chi connectivity index (χ2n) is 4.82. The number of carbonyl (C=O) groups excluding carboxylic acids is 1. The molecule has 0 atom stereocenters. The Balaban J connectivity index is 2.09. The summed E-state index contributed by atoms with van der Waals surface area (Å²) in [7, 11) is 0. The average Bonchev–Trinajstić information content (AvgIpc) is 2.48. The number of ketones is 1. The summed E-state index contributed by atoms with van der Waals surface area (Å²) >= 11 is 6.02. The average molecular weight is 290 g/mol. The quantitative estimate of drug-likeness (QED) is 0.845. The lowest BCUT2D eigenvalue weighted by Gasteiger charge is -2.20. The molecule has 0 aromatic heterocycles. The van der Waals surface area contributed by atoms with Crippen LogP contribution < -0.4 is 5.32 Å². The van der Waals surface area contributed by atoms with Crippen LogP contribution in [0.4, 0.5) is 10.1 Å². The minimum absolute atomic E-state index is 0.214. The molecule has 4 heteroatoms. The van der Waals surface area contributed by atoms with Gasteiger partial charge in [0.25, 0.3) is 0 Å². The number of rotatable bonds is 2. The number of fused-ring (bicyclic) bond motifs is 1. The molecular formula is C16H13ClFNO. The van der Waals surface area contributed by atoms with E-state index in [-0.39, 0.29) is 16.4 Å². The van der Waals surface area contributed by atoms with Crippen molar-refractivity contribution in [3.05, 3.63) is 63.9 Å². The van der Waals surface area contributed by atoms with E-state index in [0.717, 1.165) is 30.6 Å². The molecule has 0 saturated carbocycles. The van der Waals surface area contributed by atoms with Crippen LogP contribution in [0, 0.1) is 5.82 Å². The maximum atomic E-state index is 13.3. The van der Waals surface area contributed by atoms with Crippen molar-refractivity contribution in [2.24, 2.45) is 0 Å². The maximum Gasteiger partial charge on any atom is 0.194 e. The predicted molar refractivity (Wildman–Crippen MR) is 78.1 cm³/mol. The summed E-state index contributed by atoms with van der Waals surface area (Å²) in [6.45, 7) is 0.908. The first-order valence-corrected chi connectivity index (χ1v) is 6.90. The van der Waals surface area contributed by atoms with E-state index in [9.17, 15) is 9.18 Å². The summed E-state index contributed by atoms with van der Waals surface area (Å²) in [6, 6.07) is 9.42. The van der Waals surface area contributed by atoms with Crippen LogP contribution in [0.1, 0.15) is 27.9 Å². The Hall–Kier alpha value is -1.87. The highest BCUT2D eigenvalue weighted by Crippen LogP contribution is 2.29. The summed E-state index contributed by atoms with van der Waals surface area (Å²) in [4.78, 5) is 12.6. The summed E-state index contributed by atoms with van der Waals surface area (Å²) in [6.07, 6.45) is 1.82. The summed E-state index contributed by atoms with van der Waals surface area (Å²) in [5.74, 6) is -0.685. The van der Waals surface area contributed by atoms with Crippen molar-refractivity contribution in [2.75, 3.05) is 11.9 Å². The number of halogens is 2. The number of benzene rings is 2. The molecule has 0 spiro atoms. The number of nitrogens with one attached hydrogen (secondary N) is 1. The molecule has 0 amide bonds. The molecule has 3 rings (SSSR count). The van der Waals surface area contributed by atoms with Crippen molar-refractivity contribution in [3.63, 3.8) is 0 Å². The lowest BCUT2D eigenvalue weighted by Crippen LogP contribution is -2.16. The fourth-order valence-electron chi connectivity index (χ4n) is 2.54. The Morgan fingerprint density at radius 2 is 2.05 bits per heavy atom. The third-order valence-corrected chi connectivity index (χ3v) is 3.84. The van der Waals surface area contributed by atoms with Gasteiger partial charge in [0.1, 0.15) is 5.82 Å². The molecule has 0 aliphatic carbocycles. The smallest absolute Gasteiger partial charge is 0.194 e. The first-order chi connectivity index (χ1) is 9.66. The molecule has 20 heavy (non-hydrogen) atoms. The molecule has 2 nitrogen and oxygen atoms in total. The molecule has 0 bridgehead atoms. The zero-order valence-corrected chi connectivity index (χ0v) is 11.5. The van der Waals surface area contributed by atoms with Gasteiger partial charge in [0.05, 0.1) is 5.02 Å². The second-order valence-corrected chi connectivity index (χ2v) is 5.22. The largest absolute Gasteiger partial charge is 0.385 e. The van der Waals surface area contributed by atoms with Gasteiger partial charge in [-0.1, -0.05) is 23.7 Å². The molecule has 1 N–H and O–H groups in total. The van der Waals surface area contributed by atoms with Gasteiger partial charge in [-0.2, -0.15) is 0 Å². The van der Waals surface area contributed by atoms with Crippen molar-refractivity contribution in [2.45, 2.75) is 12.8 Å². The topological polar surface area (TPSA) is 29.1 Å². The summed E-state index contributed by atoms with van der Waals surface area (Å²) in [5.41, 5.74) is 2.78. The minimum Gasteiger partial charge on any atom is -0.385 e. The highest BCUT2D eigenvalue weighted by molar-refractivity contribution is 6.35. The highest BCUT2D eigenvalue weighted by Gasteiger charge is 2.20. The van der Waals surface area contributed by atoms with E-state index >= 15 is 0 Å². The van der Waals surface area contributed by atoms with Gasteiger partial charge in [-0.3, -0.25) is 4.79 Å². The van der Waals surface area contributed by atoms with Gasteiger partial charge in [0.2, 0.25) is 0 Å². The van der Waals surface area contributed by atoms with E-state index in [0.29, 0.717) is 5.56 Å². The van der Waals surface area contributed by atoms with Gasteiger partial charge >= 0.3 is 0 Å². The van der Waals surface area contributed by atoms with Crippen molar-refractivity contribution < 1.29 is 9.18 Å². The first-order valence-electron chi connectivity index (χ1n) is 6.52. The van der Waals surface area contributed by atoms with E-state index in [4.69, 9.17) is 11.6 Å². The van der Waals surface area contributed by atoms with Crippen LogP contribution >= 0.6 is 11.6 Å². The van der Waals surface area contributed by atoms with Crippen LogP contribution in [0.5, 0.6) is 0 Å². The van der Waals surface area contributed by atoms with Gasteiger partial charge in [0, 0.05) is 23.4 Å². The molecule has 2 aromatic rings. The zero-order chi connectivity index (χ0) is 14.1. The second kappa shape index (κ2) is 5.25. The molecule has 1 aliphatic rings. The third kappa shape index (κ3) is 2.29. The van der Waals surface area contributed by atoms with Crippen LogP contribution in [0.2, 0.25) is 5.02 Å². The molecule has 0 radical (unpaired) electrons. The van der Waals surface area contributed by atoms with Gasteiger partial charge in [0.15, 0.2) is 5.78 Å².